The van der Waals surface area contributed by atoms with Gasteiger partial charge in [0, 0.05) is 17.4 Å². The molecule has 3 aromatic rings. The second kappa shape index (κ2) is 7.44. The van der Waals surface area contributed by atoms with Crippen LogP contribution in [-0.2, 0) is 13.0 Å². The summed E-state index contributed by atoms with van der Waals surface area (Å²) in [5.74, 6) is -0.598. The normalized spacial score (nSPS) is 10.6. The summed E-state index contributed by atoms with van der Waals surface area (Å²) in [6, 6.07) is 12.0. The summed E-state index contributed by atoms with van der Waals surface area (Å²) in [6.45, 7) is 2.31. The number of hydrogen-bond acceptors (Lipinski definition) is 4. The van der Waals surface area contributed by atoms with Crippen LogP contribution in [0.25, 0.3) is 0 Å². The summed E-state index contributed by atoms with van der Waals surface area (Å²) in [7, 11) is 0. The van der Waals surface area contributed by atoms with Crippen molar-refractivity contribution in [2.75, 3.05) is 0 Å². The molecule has 0 radical (unpaired) electrons. The Morgan fingerprint density at radius 2 is 2.00 bits per heavy atom. The standard InChI is InChI=1S/C19H16FNO3S/c1-12-2-7-17(24-10-13-3-5-15(20)6-4-13)14(8-12)9-18-21-16(11-25-18)19(22)23/h2-8,11H,9-10H2,1H3,(H,22,23). The van der Waals surface area contributed by atoms with E-state index in [4.69, 9.17) is 9.84 Å². The van der Waals surface area contributed by atoms with Crippen LogP contribution in [0.4, 0.5) is 4.39 Å². The Labute approximate surface area is 148 Å². The molecule has 0 spiro atoms. The molecule has 128 valence electrons. The van der Waals surface area contributed by atoms with Gasteiger partial charge in [-0.2, -0.15) is 0 Å². The van der Waals surface area contributed by atoms with E-state index in [0.717, 1.165) is 21.7 Å². The monoisotopic (exact) mass is 357 g/mol. The molecular formula is C19H16FNO3S. The van der Waals surface area contributed by atoms with Crippen molar-refractivity contribution in [3.63, 3.8) is 0 Å². The molecule has 3 rings (SSSR count). The third kappa shape index (κ3) is 4.42. The number of hydrogen-bond donors (Lipinski definition) is 1. The molecular weight excluding hydrogens is 341 g/mol. The highest BCUT2D eigenvalue weighted by Gasteiger charge is 2.12. The average molecular weight is 357 g/mol. The highest BCUT2D eigenvalue weighted by molar-refractivity contribution is 7.09. The summed E-state index contributed by atoms with van der Waals surface area (Å²) < 4.78 is 18.9. The van der Waals surface area contributed by atoms with E-state index in [2.05, 4.69) is 4.98 Å². The molecule has 0 fully saturated rings. The van der Waals surface area contributed by atoms with Crippen molar-refractivity contribution in [1.82, 2.24) is 4.98 Å². The van der Waals surface area contributed by atoms with Gasteiger partial charge in [-0.1, -0.05) is 29.8 Å². The van der Waals surface area contributed by atoms with Crippen LogP contribution in [0.1, 0.15) is 32.2 Å². The van der Waals surface area contributed by atoms with Gasteiger partial charge in [0.15, 0.2) is 5.69 Å². The maximum Gasteiger partial charge on any atom is 0.355 e. The maximum absolute atomic E-state index is 13.0. The minimum atomic E-state index is -1.03. The van der Waals surface area contributed by atoms with Crippen LogP contribution in [0.15, 0.2) is 47.8 Å². The van der Waals surface area contributed by atoms with Crippen molar-refractivity contribution in [2.24, 2.45) is 0 Å². The molecule has 0 saturated carbocycles. The highest BCUT2D eigenvalue weighted by Crippen LogP contribution is 2.25. The lowest BCUT2D eigenvalue weighted by molar-refractivity contribution is 0.0691. The van der Waals surface area contributed by atoms with Crippen LogP contribution in [0, 0.1) is 12.7 Å². The van der Waals surface area contributed by atoms with E-state index < -0.39 is 5.97 Å². The van der Waals surface area contributed by atoms with Gasteiger partial charge in [0.25, 0.3) is 0 Å². The Balaban J connectivity index is 1.77. The molecule has 0 aliphatic carbocycles. The number of rotatable bonds is 6. The van der Waals surface area contributed by atoms with Crippen molar-refractivity contribution in [3.05, 3.63) is 81.1 Å². The van der Waals surface area contributed by atoms with Crippen LogP contribution in [0.2, 0.25) is 0 Å². The fourth-order valence-electron chi connectivity index (χ4n) is 2.38. The van der Waals surface area contributed by atoms with Crippen LogP contribution in [0.3, 0.4) is 0 Å². The number of halogens is 1. The molecule has 0 amide bonds. The third-order valence-corrected chi connectivity index (χ3v) is 4.48. The summed E-state index contributed by atoms with van der Waals surface area (Å²) >= 11 is 1.31. The Morgan fingerprint density at radius 3 is 2.68 bits per heavy atom. The highest BCUT2D eigenvalue weighted by atomic mass is 32.1. The fourth-order valence-corrected chi connectivity index (χ4v) is 3.17. The molecule has 25 heavy (non-hydrogen) atoms. The Bertz CT molecular complexity index is 890. The van der Waals surface area contributed by atoms with Gasteiger partial charge in [-0.15, -0.1) is 11.3 Å². The fraction of sp³-hybridized carbons (Fsp3) is 0.158. The van der Waals surface area contributed by atoms with Gasteiger partial charge in [0.05, 0.1) is 5.01 Å². The predicted octanol–water partition coefficient (Wildman–Crippen LogP) is 4.46. The Hall–Kier alpha value is -2.73. The molecule has 0 bridgehead atoms. The molecule has 6 heteroatoms. The summed E-state index contributed by atoms with van der Waals surface area (Å²) in [6.07, 6.45) is 0.498. The van der Waals surface area contributed by atoms with E-state index >= 15 is 0 Å². The number of aromatic nitrogens is 1. The molecule has 4 nitrogen and oxygen atoms in total. The van der Waals surface area contributed by atoms with E-state index in [1.165, 1.54) is 28.8 Å². The molecule has 1 N–H and O–H groups in total. The molecule has 0 unspecified atom stereocenters. The molecule has 1 heterocycles. The summed E-state index contributed by atoms with van der Waals surface area (Å²) in [4.78, 5) is 15.1. The zero-order valence-electron chi connectivity index (χ0n) is 13.5. The van der Waals surface area contributed by atoms with Gasteiger partial charge in [-0.3, -0.25) is 0 Å². The predicted molar refractivity (Wildman–Crippen MR) is 93.8 cm³/mol. The van der Waals surface area contributed by atoms with Gasteiger partial charge in [0.1, 0.15) is 18.2 Å². The topological polar surface area (TPSA) is 59.4 Å². The number of aromatic carboxylic acids is 1. The second-order valence-electron chi connectivity index (χ2n) is 5.63. The SMILES string of the molecule is Cc1ccc(OCc2ccc(F)cc2)c(Cc2nc(C(=O)O)cs2)c1. The summed E-state index contributed by atoms with van der Waals surface area (Å²) in [5.41, 5.74) is 2.95. The van der Waals surface area contributed by atoms with Crippen molar-refractivity contribution < 1.29 is 19.0 Å². The molecule has 0 atom stereocenters. The minimum absolute atomic E-state index is 0.0569. The number of carboxylic acids is 1. The van der Waals surface area contributed by atoms with Crippen molar-refractivity contribution in [1.29, 1.82) is 0 Å². The molecule has 2 aromatic carbocycles. The van der Waals surface area contributed by atoms with Gasteiger partial charge in [-0.05, 0) is 30.7 Å². The number of ether oxygens (including phenoxy) is 1. The maximum atomic E-state index is 13.0. The Kier molecular flexibility index (Phi) is 5.09. The Morgan fingerprint density at radius 1 is 1.24 bits per heavy atom. The number of carbonyl (C=O) groups is 1. The number of benzene rings is 2. The number of carboxylic acid groups (broad SMARTS) is 1. The molecule has 0 aliphatic rings. The largest absolute Gasteiger partial charge is 0.489 e. The first-order valence-electron chi connectivity index (χ1n) is 7.66. The first kappa shape index (κ1) is 17.1. The molecule has 0 aliphatic heterocycles. The minimum Gasteiger partial charge on any atom is -0.489 e. The van der Waals surface area contributed by atoms with E-state index in [9.17, 15) is 9.18 Å². The van der Waals surface area contributed by atoms with Gasteiger partial charge >= 0.3 is 5.97 Å². The lowest BCUT2D eigenvalue weighted by Gasteiger charge is -2.12. The second-order valence-corrected chi connectivity index (χ2v) is 6.58. The lowest BCUT2D eigenvalue weighted by atomic mass is 10.1. The van der Waals surface area contributed by atoms with E-state index in [-0.39, 0.29) is 11.5 Å². The van der Waals surface area contributed by atoms with Crippen molar-refractivity contribution in [3.8, 4) is 5.75 Å². The van der Waals surface area contributed by atoms with E-state index in [0.29, 0.717) is 18.8 Å². The van der Waals surface area contributed by atoms with Crippen LogP contribution in [-0.4, -0.2) is 16.1 Å². The first-order chi connectivity index (χ1) is 12.0. The first-order valence-corrected chi connectivity index (χ1v) is 8.53. The van der Waals surface area contributed by atoms with Crippen LogP contribution >= 0.6 is 11.3 Å². The van der Waals surface area contributed by atoms with Gasteiger partial charge in [-0.25, -0.2) is 14.2 Å². The quantitative estimate of drug-likeness (QED) is 0.708. The van der Waals surface area contributed by atoms with Crippen LogP contribution < -0.4 is 4.74 Å². The van der Waals surface area contributed by atoms with Gasteiger partial charge < -0.3 is 9.84 Å². The lowest BCUT2D eigenvalue weighted by Crippen LogP contribution is -2.01. The number of thiazole rings is 1. The summed E-state index contributed by atoms with van der Waals surface area (Å²) in [5, 5.41) is 11.2. The smallest absolute Gasteiger partial charge is 0.355 e. The average Bonchev–Trinajstić information content (AvgIpc) is 3.04. The third-order valence-electron chi connectivity index (χ3n) is 3.64. The van der Waals surface area contributed by atoms with Crippen molar-refractivity contribution in [2.45, 2.75) is 20.0 Å². The zero-order chi connectivity index (χ0) is 17.8. The zero-order valence-corrected chi connectivity index (χ0v) is 14.3. The van der Waals surface area contributed by atoms with Crippen LogP contribution in [0.5, 0.6) is 5.75 Å². The molecule has 0 saturated heterocycles. The number of aryl methyl sites for hydroxylation is 1. The van der Waals surface area contributed by atoms with E-state index in [1.54, 1.807) is 12.1 Å². The number of nitrogens with zero attached hydrogens (tertiary/aromatic N) is 1. The van der Waals surface area contributed by atoms with Crippen molar-refractivity contribution >= 4 is 17.3 Å². The molecule has 1 aromatic heterocycles. The van der Waals surface area contributed by atoms with Gasteiger partial charge in [0.2, 0.25) is 0 Å². The van der Waals surface area contributed by atoms with E-state index in [1.807, 2.05) is 25.1 Å².